The van der Waals surface area contributed by atoms with Gasteiger partial charge in [0.2, 0.25) is 0 Å². The summed E-state index contributed by atoms with van der Waals surface area (Å²) in [7, 11) is 0. The highest BCUT2D eigenvalue weighted by atomic mass is 79.9. The van der Waals surface area contributed by atoms with Gasteiger partial charge in [-0.25, -0.2) is 14.0 Å². The number of carboxylic acids is 1. The molecule has 21 heavy (non-hydrogen) atoms. The molecule has 0 heterocycles. The molecule has 0 spiro atoms. The number of halogens is 2. The van der Waals surface area contributed by atoms with Crippen molar-refractivity contribution in [2.24, 2.45) is 0 Å². The zero-order valence-electron chi connectivity index (χ0n) is 10.6. The van der Waals surface area contributed by atoms with E-state index in [-0.39, 0.29) is 5.69 Å². The molecule has 7 heteroatoms. The second-order valence-electron chi connectivity index (χ2n) is 4.09. The van der Waals surface area contributed by atoms with Crippen molar-refractivity contribution in [2.75, 3.05) is 10.6 Å². The number of carbonyl (C=O) groups excluding carboxylic acids is 1. The highest BCUT2D eigenvalue weighted by Crippen LogP contribution is 2.17. The van der Waals surface area contributed by atoms with Crippen molar-refractivity contribution in [3.8, 4) is 0 Å². The zero-order valence-corrected chi connectivity index (χ0v) is 12.1. The van der Waals surface area contributed by atoms with Crippen LogP contribution in [-0.2, 0) is 0 Å². The first-order chi connectivity index (χ1) is 9.95. The Kier molecular flexibility index (Phi) is 4.54. The minimum Gasteiger partial charge on any atom is -0.478 e. The van der Waals surface area contributed by atoms with Crippen LogP contribution in [0, 0.1) is 5.82 Å². The fraction of sp³-hybridized carbons (Fsp3) is 0. The number of hydrogen-bond donors (Lipinski definition) is 3. The Morgan fingerprint density at radius 3 is 2.29 bits per heavy atom. The number of carboxylic acid groups (broad SMARTS) is 1. The predicted molar refractivity (Wildman–Crippen MR) is 80.1 cm³/mol. The van der Waals surface area contributed by atoms with Crippen LogP contribution in [0.25, 0.3) is 0 Å². The Morgan fingerprint density at radius 2 is 1.71 bits per heavy atom. The third-order valence-corrected chi connectivity index (χ3v) is 3.03. The summed E-state index contributed by atoms with van der Waals surface area (Å²) in [6.07, 6.45) is 0. The molecule has 5 nitrogen and oxygen atoms in total. The van der Waals surface area contributed by atoms with Crippen LogP contribution >= 0.6 is 15.9 Å². The van der Waals surface area contributed by atoms with E-state index < -0.39 is 23.4 Å². The van der Waals surface area contributed by atoms with Crippen LogP contribution in [0.2, 0.25) is 0 Å². The molecular weight excluding hydrogens is 343 g/mol. The molecule has 0 unspecified atom stereocenters. The molecule has 2 aromatic carbocycles. The average molecular weight is 353 g/mol. The average Bonchev–Trinajstić information content (AvgIpc) is 2.38. The number of hydrogen-bond acceptors (Lipinski definition) is 2. The minimum absolute atomic E-state index is 0.157. The quantitative estimate of drug-likeness (QED) is 0.782. The van der Waals surface area contributed by atoms with Crippen molar-refractivity contribution >= 4 is 39.3 Å². The van der Waals surface area contributed by atoms with Gasteiger partial charge in [-0.1, -0.05) is 22.0 Å². The predicted octanol–water partition coefficient (Wildman–Crippen LogP) is 3.93. The van der Waals surface area contributed by atoms with Gasteiger partial charge in [0.25, 0.3) is 0 Å². The second kappa shape index (κ2) is 6.36. The van der Waals surface area contributed by atoms with Crippen LogP contribution in [0.3, 0.4) is 0 Å². The molecular formula is C14H10BrFN2O3. The standard InChI is InChI=1S/C14H10BrFN2O3/c15-8-2-1-3-9(6-8)17-14(21)18-10-4-5-11(13(19)20)12(16)7-10/h1-7H,(H,19,20)(H2,17,18,21). The van der Waals surface area contributed by atoms with Gasteiger partial charge in [0.15, 0.2) is 0 Å². The number of amides is 2. The highest BCUT2D eigenvalue weighted by molar-refractivity contribution is 9.10. The lowest BCUT2D eigenvalue weighted by molar-refractivity contribution is 0.0692. The number of benzene rings is 2. The van der Waals surface area contributed by atoms with E-state index in [1.165, 1.54) is 6.07 Å². The van der Waals surface area contributed by atoms with Crippen molar-refractivity contribution in [2.45, 2.75) is 0 Å². The van der Waals surface area contributed by atoms with E-state index in [0.717, 1.165) is 16.6 Å². The number of aromatic carboxylic acids is 1. The van der Waals surface area contributed by atoms with Crippen LogP contribution in [0.15, 0.2) is 46.9 Å². The topological polar surface area (TPSA) is 78.4 Å². The monoisotopic (exact) mass is 352 g/mol. The fourth-order valence-electron chi connectivity index (χ4n) is 1.63. The summed E-state index contributed by atoms with van der Waals surface area (Å²) < 4.78 is 14.3. The van der Waals surface area contributed by atoms with Crippen molar-refractivity contribution in [1.82, 2.24) is 0 Å². The number of urea groups is 1. The molecule has 3 N–H and O–H groups in total. The number of rotatable bonds is 3. The third kappa shape index (κ3) is 4.03. The highest BCUT2D eigenvalue weighted by Gasteiger charge is 2.11. The van der Waals surface area contributed by atoms with Gasteiger partial charge in [0.1, 0.15) is 5.82 Å². The molecule has 0 aromatic heterocycles. The molecule has 0 radical (unpaired) electrons. The summed E-state index contributed by atoms with van der Waals surface area (Å²) in [6, 6.07) is 9.75. The fourth-order valence-corrected chi connectivity index (χ4v) is 2.03. The summed E-state index contributed by atoms with van der Waals surface area (Å²) in [5.41, 5.74) is 0.266. The van der Waals surface area contributed by atoms with E-state index >= 15 is 0 Å². The summed E-state index contributed by atoms with van der Waals surface area (Å²) in [4.78, 5) is 22.4. The summed E-state index contributed by atoms with van der Waals surface area (Å²) in [6.45, 7) is 0. The summed E-state index contributed by atoms with van der Waals surface area (Å²) in [5, 5.41) is 13.7. The lowest BCUT2D eigenvalue weighted by Gasteiger charge is -2.08. The first-order valence-corrected chi connectivity index (χ1v) is 6.61. The summed E-state index contributed by atoms with van der Waals surface area (Å²) >= 11 is 3.27. The van der Waals surface area contributed by atoms with E-state index in [1.54, 1.807) is 18.2 Å². The first-order valence-electron chi connectivity index (χ1n) is 5.82. The Balaban J connectivity index is 2.06. The van der Waals surface area contributed by atoms with Gasteiger partial charge in [0.05, 0.1) is 5.56 Å². The van der Waals surface area contributed by atoms with Crippen LogP contribution < -0.4 is 10.6 Å². The van der Waals surface area contributed by atoms with Gasteiger partial charge in [-0.05, 0) is 36.4 Å². The zero-order chi connectivity index (χ0) is 15.4. The van der Waals surface area contributed by atoms with E-state index in [9.17, 15) is 14.0 Å². The van der Waals surface area contributed by atoms with Crippen molar-refractivity contribution in [1.29, 1.82) is 0 Å². The molecule has 2 rings (SSSR count). The number of nitrogens with one attached hydrogen (secondary N) is 2. The van der Waals surface area contributed by atoms with Gasteiger partial charge >= 0.3 is 12.0 Å². The van der Waals surface area contributed by atoms with Gasteiger partial charge in [0, 0.05) is 15.8 Å². The normalized spacial score (nSPS) is 10.0. The lowest BCUT2D eigenvalue weighted by Crippen LogP contribution is -2.19. The Bertz CT molecular complexity index is 706. The van der Waals surface area contributed by atoms with Gasteiger partial charge in [-0.15, -0.1) is 0 Å². The molecule has 0 aliphatic heterocycles. The van der Waals surface area contributed by atoms with Crippen molar-refractivity contribution in [3.05, 3.63) is 58.3 Å². The number of anilines is 2. The van der Waals surface area contributed by atoms with Gasteiger partial charge < -0.3 is 15.7 Å². The van der Waals surface area contributed by atoms with Crippen LogP contribution in [0.5, 0.6) is 0 Å². The molecule has 0 bridgehead atoms. The molecule has 108 valence electrons. The smallest absolute Gasteiger partial charge is 0.338 e. The molecule has 0 saturated carbocycles. The van der Waals surface area contributed by atoms with Crippen LogP contribution in [-0.4, -0.2) is 17.1 Å². The van der Waals surface area contributed by atoms with Crippen molar-refractivity contribution in [3.63, 3.8) is 0 Å². The Hall–Kier alpha value is -2.41. The van der Waals surface area contributed by atoms with Gasteiger partial charge in [-0.3, -0.25) is 0 Å². The maximum atomic E-state index is 13.5. The molecule has 2 amide bonds. The van der Waals surface area contributed by atoms with E-state index in [0.29, 0.717) is 5.69 Å². The summed E-state index contributed by atoms with van der Waals surface area (Å²) in [5.74, 6) is -2.28. The molecule has 0 aliphatic rings. The maximum Gasteiger partial charge on any atom is 0.338 e. The van der Waals surface area contributed by atoms with E-state index in [2.05, 4.69) is 26.6 Å². The lowest BCUT2D eigenvalue weighted by atomic mass is 10.2. The minimum atomic E-state index is -1.36. The largest absolute Gasteiger partial charge is 0.478 e. The van der Waals surface area contributed by atoms with Crippen molar-refractivity contribution < 1.29 is 19.1 Å². The molecule has 2 aromatic rings. The van der Waals surface area contributed by atoms with E-state index in [4.69, 9.17) is 5.11 Å². The van der Waals surface area contributed by atoms with E-state index in [1.807, 2.05) is 6.07 Å². The van der Waals surface area contributed by atoms with Crippen LogP contribution in [0.1, 0.15) is 10.4 Å². The SMILES string of the molecule is O=C(Nc1cccc(Br)c1)Nc1ccc(C(=O)O)c(F)c1. The van der Waals surface area contributed by atoms with Gasteiger partial charge in [-0.2, -0.15) is 0 Å². The first kappa shape index (κ1) is 15.0. The van der Waals surface area contributed by atoms with Crippen LogP contribution in [0.4, 0.5) is 20.6 Å². The number of carbonyl (C=O) groups is 2. The third-order valence-electron chi connectivity index (χ3n) is 2.54. The Morgan fingerprint density at radius 1 is 1.05 bits per heavy atom. The maximum absolute atomic E-state index is 13.5. The molecule has 0 atom stereocenters. The molecule has 0 fully saturated rings. The second-order valence-corrected chi connectivity index (χ2v) is 5.00. The Labute approximate surface area is 127 Å². The molecule has 0 aliphatic carbocycles. The molecule has 0 saturated heterocycles.